The topological polar surface area (TPSA) is 55.8 Å². The zero-order valence-electron chi connectivity index (χ0n) is 13.5. The molecule has 2 aromatic carbocycles. The fraction of sp³-hybridized carbons (Fsp3) is 0.263. The van der Waals surface area contributed by atoms with Crippen molar-refractivity contribution in [1.82, 2.24) is 0 Å². The molecule has 0 bridgehead atoms. The molecule has 1 amide bonds. The molecule has 0 atom stereocenters. The van der Waals surface area contributed by atoms with Crippen molar-refractivity contribution >= 4 is 17.6 Å². The number of hydrogen-bond acceptors (Lipinski definition) is 4. The van der Waals surface area contributed by atoms with Gasteiger partial charge in [0.1, 0.15) is 5.75 Å². The maximum atomic E-state index is 12.2. The molecule has 0 aromatic heterocycles. The molecule has 1 heterocycles. The van der Waals surface area contributed by atoms with Crippen LogP contribution < -0.4 is 9.64 Å². The summed E-state index contributed by atoms with van der Waals surface area (Å²) < 4.78 is 10.5. The van der Waals surface area contributed by atoms with Crippen LogP contribution in [-0.4, -0.2) is 25.5 Å². The molecule has 0 aliphatic carbocycles. The highest BCUT2D eigenvalue weighted by Crippen LogP contribution is 2.24. The van der Waals surface area contributed by atoms with Crippen molar-refractivity contribution in [3.8, 4) is 5.75 Å². The van der Waals surface area contributed by atoms with E-state index >= 15 is 0 Å². The lowest BCUT2D eigenvalue weighted by Crippen LogP contribution is -2.23. The molecule has 1 fully saturated rings. The van der Waals surface area contributed by atoms with Gasteiger partial charge in [-0.1, -0.05) is 12.1 Å². The molecule has 0 unspecified atom stereocenters. The SMILES string of the molecule is COCc1cccc(C(=O)Oc2ccc(N3CCCC3=O)cc2)c1. The number of benzene rings is 2. The Morgan fingerprint density at radius 2 is 1.96 bits per heavy atom. The van der Waals surface area contributed by atoms with E-state index in [1.807, 2.05) is 6.07 Å². The maximum absolute atomic E-state index is 12.2. The summed E-state index contributed by atoms with van der Waals surface area (Å²) in [4.78, 5) is 25.7. The standard InChI is InChI=1S/C19H19NO4/c1-23-13-14-4-2-5-15(12-14)19(22)24-17-9-7-16(8-10-17)20-11-3-6-18(20)21/h2,4-5,7-10,12H,3,6,11,13H2,1H3. The van der Waals surface area contributed by atoms with Crippen LogP contribution in [0, 0.1) is 0 Å². The van der Waals surface area contributed by atoms with Crippen molar-refractivity contribution in [2.24, 2.45) is 0 Å². The van der Waals surface area contributed by atoms with Gasteiger partial charge in [-0.15, -0.1) is 0 Å². The number of hydrogen-bond donors (Lipinski definition) is 0. The average Bonchev–Trinajstić information content (AvgIpc) is 3.02. The van der Waals surface area contributed by atoms with Gasteiger partial charge in [0.15, 0.2) is 0 Å². The summed E-state index contributed by atoms with van der Waals surface area (Å²) in [7, 11) is 1.61. The van der Waals surface area contributed by atoms with E-state index in [-0.39, 0.29) is 5.91 Å². The van der Waals surface area contributed by atoms with Crippen molar-refractivity contribution in [3.63, 3.8) is 0 Å². The van der Waals surface area contributed by atoms with Crippen LogP contribution in [0.3, 0.4) is 0 Å². The Hall–Kier alpha value is -2.66. The van der Waals surface area contributed by atoms with Gasteiger partial charge in [0, 0.05) is 25.8 Å². The van der Waals surface area contributed by atoms with E-state index in [1.54, 1.807) is 54.5 Å². The van der Waals surface area contributed by atoms with Gasteiger partial charge in [-0.05, 0) is 48.4 Å². The summed E-state index contributed by atoms with van der Waals surface area (Å²) in [5.74, 6) is 0.167. The van der Waals surface area contributed by atoms with Crippen molar-refractivity contribution in [2.45, 2.75) is 19.4 Å². The number of amides is 1. The molecule has 5 heteroatoms. The molecule has 0 N–H and O–H groups in total. The summed E-state index contributed by atoms with van der Waals surface area (Å²) in [5.41, 5.74) is 2.22. The third-order valence-electron chi connectivity index (χ3n) is 3.91. The Labute approximate surface area is 140 Å². The van der Waals surface area contributed by atoms with Crippen LogP contribution in [0.2, 0.25) is 0 Å². The third kappa shape index (κ3) is 3.63. The molecule has 0 radical (unpaired) electrons. The first-order chi connectivity index (χ1) is 11.7. The van der Waals surface area contributed by atoms with E-state index in [0.717, 1.165) is 24.2 Å². The van der Waals surface area contributed by atoms with Crippen LogP contribution >= 0.6 is 0 Å². The minimum Gasteiger partial charge on any atom is -0.423 e. The molecular weight excluding hydrogens is 306 g/mol. The van der Waals surface area contributed by atoms with Crippen molar-refractivity contribution in [2.75, 3.05) is 18.6 Å². The van der Waals surface area contributed by atoms with Gasteiger partial charge < -0.3 is 14.4 Å². The van der Waals surface area contributed by atoms with Gasteiger partial charge in [0.05, 0.1) is 12.2 Å². The van der Waals surface area contributed by atoms with Crippen LogP contribution in [0.5, 0.6) is 5.75 Å². The normalized spacial score (nSPS) is 14.0. The van der Waals surface area contributed by atoms with Crippen LogP contribution in [0.4, 0.5) is 5.69 Å². The highest BCUT2D eigenvalue weighted by molar-refractivity contribution is 5.95. The van der Waals surface area contributed by atoms with Gasteiger partial charge in [-0.25, -0.2) is 4.79 Å². The van der Waals surface area contributed by atoms with E-state index in [4.69, 9.17) is 9.47 Å². The van der Waals surface area contributed by atoms with Crippen LogP contribution in [0.15, 0.2) is 48.5 Å². The molecule has 24 heavy (non-hydrogen) atoms. The molecule has 3 rings (SSSR count). The number of nitrogens with zero attached hydrogens (tertiary/aromatic N) is 1. The second-order valence-electron chi connectivity index (χ2n) is 5.67. The monoisotopic (exact) mass is 325 g/mol. The van der Waals surface area contributed by atoms with Gasteiger partial charge >= 0.3 is 5.97 Å². The largest absolute Gasteiger partial charge is 0.423 e. The van der Waals surface area contributed by atoms with Crippen LogP contribution in [0.25, 0.3) is 0 Å². The minimum atomic E-state index is -0.419. The zero-order valence-corrected chi connectivity index (χ0v) is 13.5. The summed E-state index contributed by atoms with van der Waals surface area (Å²) in [6.45, 7) is 1.18. The zero-order chi connectivity index (χ0) is 16.9. The Balaban J connectivity index is 1.68. The molecule has 1 aliphatic heterocycles. The number of carbonyl (C=O) groups is 2. The summed E-state index contributed by atoms with van der Waals surface area (Å²) in [5, 5.41) is 0. The molecule has 0 saturated carbocycles. The van der Waals surface area contributed by atoms with E-state index in [9.17, 15) is 9.59 Å². The Morgan fingerprint density at radius 1 is 1.17 bits per heavy atom. The predicted molar refractivity (Wildman–Crippen MR) is 90.1 cm³/mol. The smallest absolute Gasteiger partial charge is 0.343 e. The molecular formula is C19H19NO4. The molecule has 0 spiro atoms. The number of esters is 1. The second-order valence-corrected chi connectivity index (χ2v) is 5.67. The predicted octanol–water partition coefficient (Wildman–Crippen LogP) is 3.18. The second kappa shape index (κ2) is 7.27. The minimum absolute atomic E-state index is 0.134. The fourth-order valence-corrected chi connectivity index (χ4v) is 2.74. The highest BCUT2D eigenvalue weighted by atomic mass is 16.5. The maximum Gasteiger partial charge on any atom is 0.343 e. The van der Waals surface area contributed by atoms with Gasteiger partial charge in [-0.3, -0.25) is 4.79 Å². The highest BCUT2D eigenvalue weighted by Gasteiger charge is 2.21. The third-order valence-corrected chi connectivity index (χ3v) is 3.91. The van der Waals surface area contributed by atoms with Gasteiger partial charge in [-0.2, -0.15) is 0 Å². The average molecular weight is 325 g/mol. The lowest BCUT2D eigenvalue weighted by atomic mass is 10.1. The molecule has 1 aliphatic rings. The van der Waals surface area contributed by atoms with E-state index < -0.39 is 5.97 Å². The number of rotatable bonds is 5. The molecule has 124 valence electrons. The summed E-state index contributed by atoms with van der Waals surface area (Å²) in [6, 6.07) is 14.2. The van der Waals surface area contributed by atoms with Crippen molar-refractivity contribution in [3.05, 3.63) is 59.7 Å². The van der Waals surface area contributed by atoms with Crippen molar-refractivity contribution < 1.29 is 19.1 Å². The van der Waals surface area contributed by atoms with Crippen LogP contribution in [0.1, 0.15) is 28.8 Å². The molecule has 5 nitrogen and oxygen atoms in total. The summed E-state index contributed by atoms with van der Waals surface area (Å²) >= 11 is 0. The lowest BCUT2D eigenvalue weighted by molar-refractivity contribution is -0.117. The van der Waals surface area contributed by atoms with Gasteiger partial charge in [0.25, 0.3) is 0 Å². The lowest BCUT2D eigenvalue weighted by Gasteiger charge is -2.15. The first kappa shape index (κ1) is 16.2. The number of anilines is 1. The van der Waals surface area contributed by atoms with E-state index in [1.165, 1.54) is 0 Å². The van der Waals surface area contributed by atoms with Gasteiger partial charge in [0.2, 0.25) is 5.91 Å². The van der Waals surface area contributed by atoms with E-state index in [0.29, 0.717) is 24.3 Å². The Morgan fingerprint density at radius 3 is 2.62 bits per heavy atom. The molecule has 1 saturated heterocycles. The quantitative estimate of drug-likeness (QED) is 0.626. The molecule has 2 aromatic rings. The van der Waals surface area contributed by atoms with Crippen LogP contribution in [-0.2, 0) is 16.1 Å². The Kier molecular flexibility index (Phi) is 4.91. The van der Waals surface area contributed by atoms with Crippen molar-refractivity contribution in [1.29, 1.82) is 0 Å². The van der Waals surface area contributed by atoms with E-state index in [2.05, 4.69) is 0 Å². The first-order valence-corrected chi connectivity index (χ1v) is 7.88. The fourth-order valence-electron chi connectivity index (χ4n) is 2.74. The first-order valence-electron chi connectivity index (χ1n) is 7.88. The number of methoxy groups -OCH3 is 1. The number of ether oxygens (including phenoxy) is 2. The number of carbonyl (C=O) groups excluding carboxylic acids is 2. The summed E-state index contributed by atoms with van der Waals surface area (Å²) in [6.07, 6.45) is 1.47. The Bertz CT molecular complexity index is 739.